The Morgan fingerprint density at radius 1 is 1.08 bits per heavy atom. The van der Waals surface area contributed by atoms with Crippen LogP contribution in [0.3, 0.4) is 0 Å². The molecule has 0 spiro atoms. The molecule has 0 atom stereocenters. The summed E-state index contributed by atoms with van der Waals surface area (Å²) in [5, 5.41) is 3.57. The molecule has 0 saturated heterocycles. The highest BCUT2D eigenvalue weighted by molar-refractivity contribution is 7.89. The van der Waals surface area contributed by atoms with Gasteiger partial charge in [-0.3, -0.25) is 4.79 Å². The van der Waals surface area contributed by atoms with Gasteiger partial charge in [0.1, 0.15) is 0 Å². The Morgan fingerprint density at radius 2 is 1.75 bits per heavy atom. The van der Waals surface area contributed by atoms with Crippen molar-refractivity contribution in [1.82, 2.24) is 10.0 Å². The predicted molar refractivity (Wildman–Crippen MR) is 95.2 cm³/mol. The second kappa shape index (κ2) is 7.98. The SMILES string of the molecule is CNS(=O)(=O)c1ccc(Cl)c(C(=O)NCCc2ccc(Cl)cc2)c1. The van der Waals surface area contributed by atoms with Gasteiger partial charge in [0.15, 0.2) is 0 Å². The van der Waals surface area contributed by atoms with Gasteiger partial charge in [0, 0.05) is 11.6 Å². The average molecular weight is 387 g/mol. The summed E-state index contributed by atoms with van der Waals surface area (Å²) in [5.41, 5.74) is 1.14. The van der Waals surface area contributed by atoms with E-state index in [0.717, 1.165) is 5.56 Å². The highest BCUT2D eigenvalue weighted by Gasteiger charge is 2.17. The van der Waals surface area contributed by atoms with Crippen molar-refractivity contribution >= 4 is 39.1 Å². The van der Waals surface area contributed by atoms with E-state index in [1.54, 1.807) is 12.1 Å². The van der Waals surface area contributed by atoms with Crippen molar-refractivity contribution in [3.05, 3.63) is 63.6 Å². The summed E-state index contributed by atoms with van der Waals surface area (Å²) >= 11 is 11.8. The fraction of sp³-hybridized carbons (Fsp3) is 0.188. The number of hydrogen-bond acceptors (Lipinski definition) is 3. The van der Waals surface area contributed by atoms with Crippen LogP contribution >= 0.6 is 23.2 Å². The van der Waals surface area contributed by atoms with Crippen LogP contribution in [-0.4, -0.2) is 27.9 Å². The number of nitrogens with one attached hydrogen (secondary N) is 2. The van der Waals surface area contributed by atoms with Gasteiger partial charge in [0.05, 0.1) is 15.5 Å². The Hall–Kier alpha value is -1.60. The quantitative estimate of drug-likeness (QED) is 0.801. The van der Waals surface area contributed by atoms with E-state index in [0.29, 0.717) is 18.0 Å². The lowest BCUT2D eigenvalue weighted by molar-refractivity contribution is 0.0954. The molecule has 1 amide bonds. The van der Waals surface area contributed by atoms with Crippen molar-refractivity contribution in [2.45, 2.75) is 11.3 Å². The second-order valence-electron chi connectivity index (χ2n) is 4.98. The van der Waals surface area contributed by atoms with Gasteiger partial charge < -0.3 is 5.32 Å². The van der Waals surface area contributed by atoms with Crippen molar-refractivity contribution < 1.29 is 13.2 Å². The van der Waals surface area contributed by atoms with E-state index in [-0.39, 0.29) is 15.5 Å². The van der Waals surface area contributed by atoms with Gasteiger partial charge in [0.2, 0.25) is 10.0 Å². The molecule has 24 heavy (non-hydrogen) atoms. The maximum atomic E-state index is 12.2. The van der Waals surface area contributed by atoms with Crippen LogP contribution in [0.25, 0.3) is 0 Å². The van der Waals surface area contributed by atoms with E-state index in [9.17, 15) is 13.2 Å². The summed E-state index contributed by atoms with van der Waals surface area (Å²) in [6.07, 6.45) is 0.620. The van der Waals surface area contributed by atoms with E-state index < -0.39 is 15.9 Å². The Labute approximate surface area is 151 Å². The largest absolute Gasteiger partial charge is 0.352 e. The number of carbonyl (C=O) groups excluding carboxylic acids is 1. The van der Waals surface area contributed by atoms with Gasteiger partial charge in [-0.25, -0.2) is 13.1 Å². The summed E-state index contributed by atoms with van der Waals surface area (Å²) < 4.78 is 25.8. The van der Waals surface area contributed by atoms with Crippen molar-refractivity contribution in [3.8, 4) is 0 Å². The van der Waals surface area contributed by atoms with Crippen molar-refractivity contribution in [2.75, 3.05) is 13.6 Å². The van der Waals surface area contributed by atoms with Crippen LogP contribution in [0.1, 0.15) is 15.9 Å². The third-order valence-corrected chi connectivity index (χ3v) is 5.37. The summed E-state index contributed by atoms with van der Waals surface area (Å²) in [6, 6.07) is 11.3. The summed E-state index contributed by atoms with van der Waals surface area (Å²) in [6.45, 7) is 0.389. The van der Waals surface area contributed by atoms with Gasteiger partial charge in [-0.05, 0) is 49.4 Å². The van der Waals surface area contributed by atoms with E-state index in [4.69, 9.17) is 23.2 Å². The van der Waals surface area contributed by atoms with Crippen LogP contribution in [0, 0.1) is 0 Å². The lowest BCUT2D eigenvalue weighted by Gasteiger charge is -2.09. The minimum Gasteiger partial charge on any atom is -0.352 e. The molecule has 0 saturated carbocycles. The summed E-state index contributed by atoms with van der Waals surface area (Å²) in [5.74, 6) is -0.429. The molecule has 2 aromatic carbocycles. The normalized spacial score (nSPS) is 11.3. The molecule has 8 heteroatoms. The summed E-state index contributed by atoms with van der Waals surface area (Å²) in [4.78, 5) is 12.2. The Kier molecular flexibility index (Phi) is 6.23. The second-order valence-corrected chi connectivity index (χ2v) is 7.71. The number of rotatable bonds is 6. The highest BCUT2D eigenvalue weighted by Crippen LogP contribution is 2.20. The number of carbonyl (C=O) groups is 1. The minimum absolute atomic E-state index is 0.0164. The first-order valence-electron chi connectivity index (χ1n) is 7.09. The predicted octanol–water partition coefficient (Wildman–Crippen LogP) is 2.87. The van der Waals surface area contributed by atoms with Crippen molar-refractivity contribution in [1.29, 1.82) is 0 Å². The van der Waals surface area contributed by atoms with Crippen LogP contribution < -0.4 is 10.0 Å². The third kappa shape index (κ3) is 4.70. The molecule has 0 heterocycles. The topological polar surface area (TPSA) is 75.3 Å². The molecule has 0 aliphatic rings. The third-order valence-electron chi connectivity index (χ3n) is 3.37. The Bertz CT molecular complexity index is 837. The number of sulfonamides is 1. The number of benzene rings is 2. The molecule has 128 valence electrons. The molecule has 0 radical (unpaired) electrons. The molecular weight excluding hydrogens is 371 g/mol. The van der Waals surface area contributed by atoms with Crippen molar-refractivity contribution in [2.24, 2.45) is 0 Å². The van der Waals surface area contributed by atoms with E-state index in [2.05, 4.69) is 10.0 Å². The zero-order valence-electron chi connectivity index (χ0n) is 12.8. The smallest absolute Gasteiger partial charge is 0.252 e. The van der Waals surface area contributed by atoms with Gasteiger partial charge >= 0.3 is 0 Å². The van der Waals surface area contributed by atoms with Crippen molar-refractivity contribution in [3.63, 3.8) is 0 Å². The number of hydrogen-bond donors (Lipinski definition) is 2. The van der Waals surface area contributed by atoms with E-state index in [1.807, 2.05) is 12.1 Å². The molecule has 0 bridgehead atoms. The molecule has 0 fully saturated rings. The van der Waals surface area contributed by atoms with Crippen LogP contribution in [0.2, 0.25) is 10.0 Å². The monoisotopic (exact) mass is 386 g/mol. The summed E-state index contributed by atoms with van der Waals surface area (Å²) in [7, 11) is -2.34. The highest BCUT2D eigenvalue weighted by atomic mass is 35.5. The average Bonchev–Trinajstić information content (AvgIpc) is 2.56. The van der Waals surface area contributed by atoms with Crippen LogP contribution in [-0.2, 0) is 16.4 Å². The molecule has 0 aliphatic carbocycles. The standard InChI is InChI=1S/C16H16Cl2N2O3S/c1-19-24(22,23)13-6-7-15(18)14(10-13)16(21)20-9-8-11-2-4-12(17)5-3-11/h2-7,10,19H,8-9H2,1H3,(H,20,21). The van der Waals surface area contributed by atoms with Gasteiger partial charge in [0.25, 0.3) is 5.91 Å². The molecule has 2 rings (SSSR count). The lowest BCUT2D eigenvalue weighted by Crippen LogP contribution is -2.26. The molecule has 0 aromatic heterocycles. The number of halogens is 2. The van der Waals surface area contributed by atoms with E-state index >= 15 is 0 Å². The minimum atomic E-state index is -3.64. The molecule has 0 aliphatic heterocycles. The maximum Gasteiger partial charge on any atom is 0.252 e. The van der Waals surface area contributed by atoms with Crippen LogP contribution in [0.4, 0.5) is 0 Å². The molecule has 2 aromatic rings. The fourth-order valence-corrected chi connectivity index (χ4v) is 3.12. The van der Waals surface area contributed by atoms with Gasteiger partial charge in [-0.15, -0.1) is 0 Å². The van der Waals surface area contributed by atoms with Crippen LogP contribution in [0.5, 0.6) is 0 Å². The zero-order chi connectivity index (χ0) is 17.7. The molecule has 0 unspecified atom stereocenters. The first kappa shape index (κ1) is 18.7. The molecular formula is C16H16Cl2N2O3S. The zero-order valence-corrected chi connectivity index (χ0v) is 15.2. The van der Waals surface area contributed by atoms with Gasteiger partial charge in [-0.2, -0.15) is 0 Å². The Morgan fingerprint density at radius 3 is 2.38 bits per heavy atom. The lowest BCUT2D eigenvalue weighted by atomic mass is 10.1. The van der Waals surface area contributed by atoms with E-state index in [1.165, 1.54) is 25.2 Å². The first-order chi connectivity index (χ1) is 11.3. The number of amides is 1. The van der Waals surface area contributed by atoms with Crippen LogP contribution in [0.15, 0.2) is 47.4 Å². The molecule has 5 nitrogen and oxygen atoms in total. The Balaban J connectivity index is 2.06. The first-order valence-corrected chi connectivity index (χ1v) is 9.33. The maximum absolute atomic E-state index is 12.2. The fourth-order valence-electron chi connectivity index (χ4n) is 2.03. The van der Waals surface area contributed by atoms with Gasteiger partial charge in [-0.1, -0.05) is 35.3 Å². The molecule has 2 N–H and O–H groups in total.